The van der Waals surface area contributed by atoms with Crippen molar-refractivity contribution in [2.75, 3.05) is 6.54 Å². The predicted molar refractivity (Wildman–Crippen MR) is 114 cm³/mol. The Balaban J connectivity index is 1.58. The van der Waals surface area contributed by atoms with E-state index >= 15 is 0 Å². The van der Waals surface area contributed by atoms with Gasteiger partial charge >= 0.3 is 0 Å². The summed E-state index contributed by atoms with van der Waals surface area (Å²) in [5, 5.41) is 6.49. The summed E-state index contributed by atoms with van der Waals surface area (Å²) in [7, 11) is 0. The molecule has 2 aromatic carbocycles. The normalized spacial score (nSPS) is 11.3. The Bertz CT molecular complexity index is 1010. The van der Waals surface area contributed by atoms with Gasteiger partial charge in [-0.1, -0.05) is 42.5 Å². The largest absolute Gasteiger partial charge is 0.357 e. The van der Waals surface area contributed by atoms with E-state index in [9.17, 15) is 9.18 Å². The van der Waals surface area contributed by atoms with Crippen LogP contribution in [0.25, 0.3) is 0 Å². The van der Waals surface area contributed by atoms with Crippen molar-refractivity contribution in [2.45, 2.75) is 26.6 Å². The smallest absolute Gasteiger partial charge is 0.250 e. The van der Waals surface area contributed by atoms with Crippen molar-refractivity contribution >= 4 is 5.96 Å². The molecule has 0 atom stereocenters. The summed E-state index contributed by atoms with van der Waals surface area (Å²) in [5.74, 6) is 0.421. The molecular weight excluding hydrogens is 367 g/mol. The fourth-order valence-electron chi connectivity index (χ4n) is 2.88. The standard InChI is InChI=1S/C23H25FN4O/c1-2-25-23(27-16-20-6-5-7-21(24)14-20)26-15-18-9-11-19(12-10-18)17-28-13-4-3-8-22(28)29/h3-14H,2,15-17H2,1H3,(H2,25,26,27). The average Bonchev–Trinajstić information content (AvgIpc) is 2.73. The van der Waals surface area contributed by atoms with Crippen LogP contribution < -0.4 is 16.2 Å². The lowest BCUT2D eigenvalue weighted by Crippen LogP contribution is -2.36. The summed E-state index contributed by atoms with van der Waals surface area (Å²) >= 11 is 0. The molecule has 3 rings (SSSR count). The molecule has 3 aromatic rings. The third-order valence-corrected chi connectivity index (χ3v) is 4.39. The Morgan fingerprint density at radius 3 is 2.48 bits per heavy atom. The summed E-state index contributed by atoms with van der Waals surface area (Å²) in [6.45, 7) is 4.29. The van der Waals surface area contributed by atoms with Crippen LogP contribution in [0.15, 0.2) is 82.7 Å². The zero-order valence-electron chi connectivity index (χ0n) is 16.4. The molecule has 0 spiro atoms. The zero-order valence-corrected chi connectivity index (χ0v) is 16.4. The molecule has 2 N–H and O–H groups in total. The summed E-state index contributed by atoms with van der Waals surface area (Å²) in [5.41, 5.74) is 2.98. The number of benzene rings is 2. The van der Waals surface area contributed by atoms with Crippen molar-refractivity contribution in [3.05, 3.63) is 106 Å². The van der Waals surface area contributed by atoms with Crippen LogP contribution in [0.2, 0.25) is 0 Å². The first-order valence-corrected chi connectivity index (χ1v) is 9.64. The molecule has 0 bridgehead atoms. The van der Waals surface area contributed by atoms with Crippen molar-refractivity contribution in [1.29, 1.82) is 0 Å². The SMILES string of the molecule is CCNC(=NCc1cccc(F)c1)NCc1ccc(Cn2ccccc2=O)cc1. The van der Waals surface area contributed by atoms with E-state index in [0.29, 0.717) is 25.6 Å². The zero-order chi connectivity index (χ0) is 20.5. The Morgan fingerprint density at radius 2 is 1.76 bits per heavy atom. The van der Waals surface area contributed by atoms with Gasteiger partial charge in [-0.2, -0.15) is 0 Å². The first-order valence-electron chi connectivity index (χ1n) is 9.64. The monoisotopic (exact) mass is 392 g/mol. The fourth-order valence-corrected chi connectivity index (χ4v) is 2.88. The van der Waals surface area contributed by atoms with E-state index < -0.39 is 0 Å². The number of nitrogens with one attached hydrogen (secondary N) is 2. The van der Waals surface area contributed by atoms with Crippen LogP contribution in [0.4, 0.5) is 4.39 Å². The summed E-state index contributed by atoms with van der Waals surface area (Å²) in [4.78, 5) is 16.3. The van der Waals surface area contributed by atoms with Gasteiger partial charge in [-0.15, -0.1) is 0 Å². The van der Waals surface area contributed by atoms with Crippen molar-refractivity contribution in [3.63, 3.8) is 0 Å². The lowest BCUT2D eigenvalue weighted by atomic mass is 10.1. The molecule has 0 aliphatic rings. The lowest BCUT2D eigenvalue weighted by Gasteiger charge is -2.12. The Hall–Kier alpha value is -3.41. The van der Waals surface area contributed by atoms with Gasteiger partial charge in [0.2, 0.25) is 0 Å². The highest BCUT2D eigenvalue weighted by Crippen LogP contribution is 2.07. The second-order valence-electron chi connectivity index (χ2n) is 6.66. The maximum atomic E-state index is 13.3. The van der Waals surface area contributed by atoms with Crippen LogP contribution in [0.5, 0.6) is 0 Å². The van der Waals surface area contributed by atoms with Gasteiger partial charge < -0.3 is 15.2 Å². The topological polar surface area (TPSA) is 58.4 Å². The Kier molecular flexibility index (Phi) is 7.16. The fraction of sp³-hybridized carbons (Fsp3) is 0.217. The van der Waals surface area contributed by atoms with E-state index in [2.05, 4.69) is 15.6 Å². The summed E-state index contributed by atoms with van der Waals surface area (Å²) < 4.78 is 15.0. The maximum Gasteiger partial charge on any atom is 0.250 e. The highest BCUT2D eigenvalue weighted by Gasteiger charge is 2.01. The number of pyridine rings is 1. The third kappa shape index (κ3) is 6.31. The molecule has 6 heteroatoms. The minimum absolute atomic E-state index is 0.0111. The minimum Gasteiger partial charge on any atom is -0.357 e. The van der Waals surface area contributed by atoms with Gasteiger partial charge in [0, 0.05) is 25.4 Å². The van der Waals surface area contributed by atoms with E-state index in [0.717, 1.165) is 23.2 Å². The van der Waals surface area contributed by atoms with Gasteiger partial charge in [-0.3, -0.25) is 4.79 Å². The molecule has 0 saturated carbocycles. The Morgan fingerprint density at radius 1 is 0.966 bits per heavy atom. The van der Waals surface area contributed by atoms with Gasteiger partial charge in [0.05, 0.1) is 13.1 Å². The summed E-state index contributed by atoms with van der Waals surface area (Å²) in [6, 6.07) is 19.7. The molecule has 0 saturated heterocycles. The predicted octanol–water partition coefficient (Wildman–Crippen LogP) is 3.29. The third-order valence-electron chi connectivity index (χ3n) is 4.39. The second kappa shape index (κ2) is 10.2. The van der Waals surface area contributed by atoms with Crippen LogP contribution in [0.3, 0.4) is 0 Å². The van der Waals surface area contributed by atoms with Crippen LogP contribution in [-0.4, -0.2) is 17.1 Å². The van der Waals surface area contributed by atoms with Crippen LogP contribution in [0.1, 0.15) is 23.6 Å². The summed E-state index contributed by atoms with van der Waals surface area (Å²) in [6.07, 6.45) is 1.79. The van der Waals surface area contributed by atoms with Crippen molar-refractivity contribution < 1.29 is 4.39 Å². The average molecular weight is 392 g/mol. The number of aromatic nitrogens is 1. The molecule has 0 aliphatic heterocycles. The van der Waals surface area contributed by atoms with Crippen LogP contribution in [-0.2, 0) is 19.6 Å². The molecule has 1 heterocycles. The second-order valence-corrected chi connectivity index (χ2v) is 6.66. The number of nitrogens with zero attached hydrogens (tertiary/aromatic N) is 2. The number of guanidine groups is 1. The van der Waals surface area contributed by atoms with E-state index in [-0.39, 0.29) is 11.4 Å². The first-order chi connectivity index (χ1) is 14.1. The van der Waals surface area contributed by atoms with Crippen molar-refractivity contribution in [2.24, 2.45) is 4.99 Å². The number of hydrogen-bond donors (Lipinski definition) is 2. The quantitative estimate of drug-likeness (QED) is 0.479. The number of rotatable bonds is 7. The molecule has 29 heavy (non-hydrogen) atoms. The minimum atomic E-state index is -0.256. The number of hydrogen-bond acceptors (Lipinski definition) is 2. The van der Waals surface area contributed by atoms with Crippen molar-refractivity contribution in [1.82, 2.24) is 15.2 Å². The molecule has 0 unspecified atom stereocenters. The molecule has 150 valence electrons. The molecule has 5 nitrogen and oxygen atoms in total. The first kappa shape index (κ1) is 20.3. The van der Waals surface area contributed by atoms with Crippen LogP contribution in [0, 0.1) is 5.82 Å². The van der Waals surface area contributed by atoms with Crippen molar-refractivity contribution in [3.8, 4) is 0 Å². The molecule has 1 aromatic heterocycles. The van der Waals surface area contributed by atoms with E-state index in [1.165, 1.54) is 12.1 Å². The molecule has 0 radical (unpaired) electrons. The van der Waals surface area contributed by atoms with Gasteiger partial charge in [0.25, 0.3) is 5.56 Å². The van der Waals surface area contributed by atoms with Gasteiger partial charge in [0.15, 0.2) is 5.96 Å². The van der Waals surface area contributed by atoms with Gasteiger partial charge in [-0.25, -0.2) is 9.38 Å². The van der Waals surface area contributed by atoms with Gasteiger partial charge in [-0.05, 0) is 41.8 Å². The maximum absolute atomic E-state index is 13.3. The molecule has 0 fully saturated rings. The van der Waals surface area contributed by atoms with E-state index in [1.54, 1.807) is 29.0 Å². The molecule has 0 amide bonds. The number of aliphatic imine (C=N–C) groups is 1. The molecular formula is C23H25FN4O. The lowest BCUT2D eigenvalue weighted by molar-refractivity contribution is 0.625. The Labute approximate surface area is 169 Å². The highest BCUT2D eigenvalue weighted by atomic mass is 19.1. The molecule has 0 aliphatic carbocycles. The van der Waals surface area contributed by atoms with E-state index in [1.807, 2.05) is 43.3 Å². The van der Waals surface area contributed by atoms with Crippen LogP contribution >= 0.6 is 0 Å². The number of halogens is 1. The van der Waals surface area contributed by atoms with E-state index in [4.69, 9.17) is 0 Å². The highest BCUT2D eigenvalue weighted by molar-refractivity contribution is 5.79. The van der Waals surface area contributed by atoms with Gasteiger partial charge in [0.1, 0.15) is 5.82 Å².